The average Bonchev–Trinajstić information content (AvgIpc) is 2.40. The quantitative estimate of drug-likeness (QED) is 0.213. The van der Waals surface area contributed by atoms with Gasteiger partial charge in [-0.2, -0.15) is 0 Å². The summed E-state index contributed by atoms with van der Waals surface area (Å²) >= 11 is 0. The lowest BCUT2D eigenvalue weighted by Gasteiger charge is -2.30. The van der Waals surface area contributed by atoms with Crippen LogP contribution in [0.3, 0.4) is 0 Å². The Bertz CT molecular complexity index is 263. The zero-order valence-electron chi connectivity index (χ0n) is 9.49. The van der Waals surface area contributed by atoms with E-state index in [4.69, 9.17) is 15.9 Å². The molecule has 0 aliphatic rings. The van der Waals surface area contributed by atoms with E-state index in [1.807, 2.05) is 0 Å². The monoisotopic (exact) mass is 269 g/mol. The molecule has 18 heavy (non-hydrogen) atoms. The second kappa shape index (κ2) is 7.71. The van der Waals surface area contributed by atoms with Gasteiger partial charge in [-0.25, -0.2) is 0 Å². The molecule has 0 saturated heterocycles. The van der Waals surface area contributed by atoms with E-state index in [0.717, 1.165) is 0 Å². The van der Waals surface area contributed by atoms with Gasteiger partial charge in [-0.15, -0.1) is 0 Å². The van der Waals surface area contributed by atoms with Gasteiger partial charge >= 0.3 is 0 Å². The number of rotatable bonds is 8. The maximum atomic E-state index is 10.9. The molecule has 9 nitrogen and oxygen atoms in total. The zero-order valence-corrected chi connectivity index (χ0v) is 9.49. The van der Waals surface area contributed by atoms with Crippen molar-refractivity contribution in [1.29, 1.82) is 0 Å². The first-order chi connectivity index (χ1) is 8.27. The van der Waals surface area contributed by atoms with Crippen LogP contribution in [0.1, 0.15) is 0 Å². The molecule has 0 bridgehead atoms. The fourth-order valence-electron chi connectivity index (χ4n) is 1.24. The lowest BCUT2D eigenvalue weighted by Crippen LogP contribution is -2.54. The molecule has 0 aromatic heterocycles. The maximum Gasteiger partial charge on any atom is 0.189 e. The molecule has 0 aromatic rings. The van der Waals surface area contributed by atoms with Crippen LogP contribution in [0.25, 0.3) is 0 Å². The number of aliphatic hydroxyl groups is 7. The molecule has 6 atom stereocenters. The predicted octanol–water partition coefficient (Wildman–Crippen LogP) is -5.33. The number of nitrogens with two attached hydrogens (primary N) is 1. The second-order valence-corrected chi connectivity index (χ2v) is 3.83. The van der Waals surface area contributed by atoms with Gasteiger partial charge in [-0.05, 0) is 0 Å². The van der Waals surface area contributed by atoms with Gasteiger partial charge < -0.3 is 41.5 Å². The topological polar surface area (TPSA) is 185 Å². The van der Waals surface area contributed by atoms with Gasteiger partial charge in [0, 0.05) is 6.54 Å². The fourth-order valence-corrected chi connectivity index (χ4v) is 1.24. The van der Waals surface area contributed by atoms with Crippen LogP contribution in [0.5, 0.6) is 0 Å². The van der Waals surface area contributed by atoms with E-state index < -0.39 is 55.6 Å². The Morgan fingerprint density at radius 3 is 1.72 bits per heavy atom. The van der Waals surface area contributed by atoms with E-state index in [1.54, 1.807) is 0 Å². The minimum atomic E-state index is -2.13. The Labute approximate surface area is 103 Å². The normalized spacial score (nSPS) is 21.8. The number of carbonyl (C=O) groups excluding carboxylic acids is 1. The molecule has 0 amide bonds. The molecular weight excluding hydrogens is 250 g/mol. The molecular formula is C9H19NO8. The highest BCUT2D eigenvalue weighted by atomic mass is 16.4. The van der Waals surface area contributed by atoms with Crippen molar-refractivity contribution in [3.8, 4) is 0 Å². The molecule has 0 spiro atoms. The Morgan fingerprint density at radius 1 is 0.889 bits per heavy atom. The third kappa shape index (κ3) is 4.23. The molecule has 9 N–H and O–H groups in total. The first-order valence-corrected chi connectivity index (χ1v) is 5.19. The zero-order chi connectivity index (χ0) is 14.5. The first-order valence-electron chi connectivity index (χ1n) is 5.19. The maximum absolute atomic E-state index is 10.9. The van der Waals surface area contributed by atoms with Crippen LogP contribution in [0.2, 0.25) is 0 Å². The summed E-state index contributed by atoms with van der Waals surface area (Å²) in [6.07, 6.45) is -11.8. The van der Waals surface area contributed by atoms with Crippen LogP contribution in [-0.2, 0) is 4.79 Å². The van der Waals surface area contributed by atoms with Gasteiger partial charge in [0.15, 0.2) is 5.78 Å². The van der Waals surface area contributed by atoms with Gasteiger partial charge in [0.25, 0.3) is 0 Å². The van der Waals surface area contributed by atoms with Crippen LogP contribution in [-0.4, -0.2) is 91.3 Å². The Balaban J connectivity index is 4.62. The van der Waals surface area contributed by atoms with Gasteiger partial charge in [0.2, 0.25) is 0 Å². The van der Waals surface area contributed by atoms with Crippen molar-refractivity contribution in [1.82, 2.24) is 0 Å². The van der Waals surface area contributed by atoms with Crippen molar-refractivity contribution < 1.29 is 40.5 Å². The predicted molar refractivity (Wildman–Crippen MR) is 57.2 cm³/mol. The van der Waals surface area contributed by atoms with Crippen molar-refractivity contribution >= 4 is 5.78 Å². The molecule has 0 fully saturated rings. The fraction of sp³-hybridized carbons (Fsp3) is 0.889. The molecule has 0 saturated carbocycles. The number of carbonyl (C=O) groups is 1. The molecule has 0 aliphatic heterocycles. The van der Waals surface area contributed by atoms with Crippen LogP contribution >= 0.6 is 0 Å². The summed E-state index contributed by atoms with van der Waals surface area (Å²) in [6, 6.07) is 0. The number of aliphatic hydroxyl groups excluding tert-OH is 7. The third-order valence-corrected chi connectivity index (χ3v) is 2.49. The summed E-state index contributed by atoms with van der Waals surface area (Å²) < 4.78 is 0. The SMILES string of the molecule is NC[C@@H](O)[C@H](O)[C@@H](O)[C@H](O)[C@H](O)[C@@H](O)C(=O)CO. The highest BCUT2D eigenvalue weighted by Crippen LogP contribution is 2.11. The summed E-state index contributed by atoms with van der Waals surface area (Å²) in [7, 11) is 0. The van der Waals surface area contributed by atoms with Crippen molar-refractivity contribution in [2.75, 3.05) is 13.2 Å². The van der Waals surface area contributed by atoms with Crippen molar-refractivity contribution in [2.24, 2.45) is 5.73 Å². The lowest BCUT2D eigenvalue weighted by atomic mass is 9.95. The van der Waals surface area contributed by atoms with E-state index >= 15 is 0 Å². The van der Waals surface area contributed by atoms with Crippen LogP contribution in [0.15, 0.2) is 0 Å². The van der Waals surface area contributed by atoms with Gasteiger partial charge in [-0.1, -0.05) is 0 Å². The van der Waals surface area contributed by atoms with Gasteiger partial charge in [0.05, 0.1) is 6.10 Å². The molecule has 0 heterocycles. The Morgan fingerprint density at radius 2 is 1.33 bits per heavy atom. The number of Topliss-reactive ketones (excluding diaryl/α,β-unsaturated/α-hetero) is 1. The molecule has 0 radical (unpaired) electrons. The number of ketones is 1. The third-order valence-electron chi connectivity index (χ3n) is 2.49. The standard InChI is InChI=1S/C9H19NO8/c10-1-3(12)5(14)7(16)9(18)8(17)6(15)4(13)2-11/h3,5-9,11-12,14-18H,1-2,10H2/t3-,5+,6+,7-,8-,9+/m1/s1. The minimum absolute atomic E-state index is 0.404. The van der Waals surface area contributed by atoms with E-state index in [2.05, 4.69) is 0 Å². The van der Waals surface area contributed by atoms with E-state index in [-0.39, 0.29) is 0 Å². The molecule has 0 unspecified atom stereocenters. The Kier molecular flexibility index (Phi) is 7.43. The first kappa shape index (κ1) is 17.4. The molecule has 0 aromatic carbocycles. The summed E-state index contributed by atoms with van der Waals surface area (Å²) in [5.41, 5.74) is 5.01. The van der Waals surface area contributed by atoms with E-state index in [9.17, 15) is 30.3 Å². The van der Waals surface area contributed by atoms with Crippen LogP contribution < -0.4 is 5.73 Å². The summed E-state index contributed by atoms with van der Waals surface area (Å²) in [5.74, 6) is -1.16. The van der Waals surface area contributed by atoms with E-state index in [0.29, 0.717) is 0 Å². The summed E-state index contributed by atoms with van der Waals surface area (Å²) in [5, 5.41) is 64.2. The van der Waals surface area contributed by atoms with Crippen molar-refractivity contribution in [2.45, 2.75) is 36.6 Å². The minimum Gasteiger partial charge on any atom is -0.389 e. The van der Waals surface area contributed by atoms with Crippen molar-refractivity contribution in [3.63, 3.8) is 0 Å². The van der Waals surface area contributed by atoms with Crippen molar-refractivity contribution in [3.05, 3.63) is 0 Å². The summed E-state index contributed by atoms with van der Waals surface area (Å²) in [6.45, 7) is -1.46. The second-order valence-electron chi connectivity index (χ2n) is 3.83. The smallest absolute Gasteiger partial charge is 0.189 e. The van der Waals surface area contributed by atoms with E-state index in [1.165, 1.54) is 0 Å². The molecule has 0 rings (SSSR count). The lowest BCUT2D eigenvalue weighted by molar-refractivity contribution is -0.162. The van der Waals surface area contributed by atoms with Gasteiger partial charge in [-0.3, -0.25) is 4.79 Å². The highest BCUT2D eigenvalue weighted by molar-refractivity contribution is 5.84. The number of hydrogen-bond acceptors (Lipinski definition) is 9. The van der Waals surface area contributed by atoms with Crippen LogP contribution in [0.4, 0.5) is 0 Å². The number of hydrogen-bond donors (Lipinski definition) is 8. The largest absolute Gasteiger partial charge is 0.389 e. The Hall–Kier alpha value is -0.650. The average molecular weight is 269 g/mol. The molecule has 108 valence electrons. The summed E-state index contributed by atoms with van der Waals surface area (Å²) in [4.78, 5) is 10.9. The molecule has 0 aliphatic carbocycles. The van der Waals surface area contributed by atoms with Gasteiger partial charge in [0.1, 0.15) is 37.1 Å². The highest BCUT2D eigenvalue weighted by Gasteiger charge is 2.38. The van der Waals surface area contributed by atoms with Crippen LogP contribution in [0, 0.1) is 0 Å². The molecule has 9 heteroatoms.